The van der Waals surface area contributed by atoms with Crippen LogP contribution in [-0.4, -0.2) is 74.3 Å². The number of nitrogens with zero attached hydrogens (tertiary/aromatic N) is 1. The van der Waals surface area contributed by atoms with Gasteiger partial charge in [-0.2, -0.15) is 0 Å². The summed E-state index contributed by atoms with van der Waals surface area (Å²) in [6.07, 6.45) is 71.5. The first kappa shape index (κ1) is 72.2. The molecule has 10 heteroatoms. The molecule has 75 heavy (non-hydrogen) atoms. The zero-order valence-corrected chi connectivity index (χ0v) is 50.4. The molecule has 0 bridgehead atoms. The Morgan fingerprint density at radius 3 is 1.32 bits per heavy atom. The Hall–Kier alpha value is -2.81. The van der Waals surface area contributed by atoms with Gasteiger partial charge in [-0.25, -0.2) is 4.57 Å². The first-order valence-corrected chi connectivity index (χ1v) is 32.4. The molecule has 0 aromatic rings. The zero-order chi connectivity index (χ0) is 55.0. The van der Waals surface area contributed by atoms with Crippen LogP contribution in [0.1, 0.15) is 265 Å². The number of phosphoric acid groups is 1. The lowest BCUT2D eigenvalue weighted by molar-refractivity contribution is -0.870. The zero-order valence-electron chi connectivity index (χ0n) is 49.5. The van der Waals surface area contributed by atoms with Gasteiger partial charge in [-0.1, -0.05) is 235 Å². The first-order chi connectivity index (χ1) is 36.4. The van der Waals surface area contributed by atoms with Crippen molar-refractivity contribution in [2.24, 2.45) is 0 Å². The van der Waals surface area contributed by atoms with E-state index < -0.39 is 20.0 Å². The van der Waals surface area contributed by atoms with Gasteiger partial charge in [-0.3, -0.25) is 18.6 Å². The number of unbranched alkanes of at least 4 members (excludes halogenated alkanes) is 27. The highest BCUT2D eigenvalue weighted by Gasteiger charge is 2.30. The third kappa shape index (κ3) is 55.7. The second kappa shape index (κ2) is 54.5. The van der Waals surface area contributed by atoms with Crippen LogP contribution in [0.5, 0.6) is 0 Å². The average molecular weight is 1070 g/mol. The lowest BCUT2D eigenvalue weighted by atomic mass is 10.0. The van der Waals surface area contributed by atoms with Crippen LogP contribution in [0, 0.1) is 0 Å². The van der Waals surface area contributed by atoms with Gasteiger partial charge in [-0.15, -0.1) is 0 Å². The molecular formula is C65H118N2O7P+. The molecule has 0 aliphatic rings. The van der Waals surface area contributed by atoms with Crippen molar-refractivity contribution < 1.29 is 37.3 Å². The number of carbonyl (C=O) groups excluding carboxylic acids is 2. The van der Waals surface area contributed by atoms with Crippen molar-refractivity contribution in [2.75, 3.05) is 40.9 Å². The monoisotopic (exact) mass is 1070 g/mol. The van der Waals surface area contributed by atoms with E-state index in [-0.39, 0.29) is 31.5 Å². The fraction of sp³-hybridized carbons (Fsp3) is 0.754. The molecule has 0 aliphatic carbocycles. The maximum absolute atomic E-state index is 13.5. The Morgan fingerprint density at radius 2 is 0.853 bits per heavy atom. The van der Waals surface area contributed by atoms with Crippen LogP contribution in [0.3, 0.4) is 0 Å². The number of hydrogen-bond acceptors (Lipinski definition) is 6. The van der Waals surface area contributed by atoms with E-state index in [0.29, 0.717) is 23.9 Å². The van der Waals surface area contributed by atoms with Gasteiger partial charge in [0.1, 0.15) is 19.3 Å². The summed E-state index contributed by atoms with van der Waals surface area (Å²) < 4.78 is 30.7. The number of amides is 1. The summed E-state index contributed by atoms with van der Waals surface area (Å²) in [4.78, 5) is 37.7. The summed E-state index contributed by atoms with van der Waals surface area (Å²) >= 11 is 0. The smallest absolute Gasteiger partial charge is 0.456 e. The van der Waals surface area contributed by atoms with Crippen LogP contribution in [0.4, 0.5) is 0 Å². The number of esters is 1. The summed E-state index contributed by atoms with van der Waals surface area (Å²) in [6, 6.07) is -0.869. The fourth-order valence-electron chi connectivity index (χ4n) is 8.55. The van der Waals surface area contributed by atoms with Gasteiger partial charge in [0.15, 0.2) is 0 Å². The predicted octanol–water partition coefficient (Wildman–Crippen LogP) is 19.0. The summed E-state index contributed by atoms with van der Waals surface area (Å²) in [5, 5.41) is 3.04. The van der Waals surface area contributed by atoms with Crippen molar-refractivity contribution in [1.82, 2.24) is 5.32 Å². The van der Waals surface area contributed by atoms with Gasteiger partial charge >= 0.3 is 13.8 Å². The minimum atomic E-state index is -4.46. The highest BCUT2D eigenvalue weighted by molar-refractivity contribution is 7.47. The number of nitrogens with one attached hydrogen (secondary N) is 1. The summed E-state index contributed by atoms with van der Waals surface area (Å²) in [5.74, 6) is -0.544. The Kier molecular flexibility index (Phi) is 52.5. The number of phosphoric ester groups is 1. The minimum Gasteiger partial charge on any atom is -0.456 e. The second-order valence-corrected chi connectivity index (χ2v) is 23.3. The summed E-state index contributed by atoms with van der Waals surface area (Å²) in [7, 11) is 1.47. The highest BCUT2D eigenvalue weighted by Crippen LogP contribution is 2.43. The van der Waals surface area contributed by atoms with Gasteiger partial charge in [-0.05, 0) is 102 Å². The Labute approximate surface area is 463 Å². The van der Waals surface area contributed by atoms with Crippen molar-refractivity contribution in [3.8, 4) is 0 Å². The molecule has 0 spiro atoms. The normalized spacial score (nSPS) is 14.3. The number of carbonyl (C=O) groups is 2. The molecule has 3 unspecified atom stereocenters. The molecule has 0 aromatic carbocycles. The molecule has 0 fully saturated rings. The van der Waals surface area contributed by atoms with Crippen LogP contribution in [-0.2, 0) is 27.9 Å². The van der Waals surface area contributed by atoms with E-state index in [1.54, 1.807) is 0 Å². The standard InChI is InChI=1S/C65H117N2O7P/c1-7-10-13-16-19-22-25-28-30-32-33-34-35-36-38-40-43-46-49-52-55-58-65(69)74-63(56-53-50-47-44-41-27-24-21-18-15-12-9-3)62(61-73-75(70,71)72-60-59-67(4,5)6)66-64(68)57-54-51-48-45-42-39-37-31-29-26-23-20-17-14-11-8-2/h11,14,19-20,22-23,28-31,39,42,53,56,62-63H,7-10,12-13,15-18,21,24-27,32-38,40-41,43-52,54-55,57-61H2,1-6H3,(H-,66,68,70,71)/p+1/b14-11+,22-19-,23-20+,30-28-,31-29+,42-39+,56-53+. The number of quaternary nitrogens is 1. The maximum atomic E-state index is 13.5. The van der Waals surface area contributed by atoms with Gasteiger partial charge in [0, 0.05) is 12.8 Å². The molecule has 1 amide bonds. The molecule has 0 aliphatic heterocycles. The molecule has 434 valence electrons. The highest BCUT2D eigenvalue weighted by atomic mass is 31.2. The van der Waals surface area contributed by atoms with Crippen LogP contribution >= 0.6 is 7.82 Å². The van der Waals surface area contributed by atoms with Crippen LogP contribution in [0.15, 0.2) is 85.1 Å². The molecule has 0 heterocycles. The van der Waals surface area contributed by atoms with E-state index in [9.17, 15) is 19.0 Å². The Bertz CT molecular complexity index is 1560. The van der Waals surface area contributed by atoms with Crippen molar-refractivity contribution in [1.29, 1.82) is 0 Å². The number of ether oxygens (including phenoxy) is 1. The van der Waals surface area contributed by atoms with Gasteiger partial charge in [0.05, 0.1) is 33.8 Å². The number of rotatable bonds is 55. The average Bonchev–Trinajstić information content (AvgIpc) is 3.37. The molecule has 3 atom stereocenters. The van der Waals surface area contributed by atoms with Crippen LogP contribution in [0.25, 0.3) is 0 Å². The van der Waals surface area contributed by atoms with Crippen molar-refractivity contribution >= 4 is 19.7 Å². The third-order valence-electron chi connectivity index (χ3n) is 13.3. The minimum absolute atomic E-state index is 0.0304. The second-order valence-electron chi connectivity index (χ2n) is 21.8. The van der Waals surface area contributed by atoms with E-state index in [0.717, 1.165) is 89.9 Å². The molecule has 9 nitrogen and oxygen atoms in total. The van der Waals surface area contributed by atoms with E-state index in [4.69, 9.17) is 13.8 Å². The molecular weight excluding hydrogens is 952 g/mol. The van der Waals surface area contributed by atoms with Crippen LogP contribution < -0.4 is 5.32 Å². The Balaban J connectivity index is 5.28. The molecule has 0 radical (unpaired) electrons. The van der Waals surface area contributed by atoms with E-state index >= 15 is 0 Å². The quantitative estimate of drug-likeness (QED) is 0.0205. The lowest BCUT2D eigenvalue weighted by Crippen LogP contribution is -2.47. The van der Waals surface area contributed by atoms with E-state index in [1.165, 1.54) is 135 Å². The predicted molar refractivity (Wildman–Crippen MR) is 323 cm³/mol. The lowest BCUT2D eigenvalue weighted by Gasteiger charge is -2.27. The van der Waals surface area contributed by atoms with Gasteiger partial charge in [0.25, 0.3) is 0 Å². The third-order valence-corrected chi connectivity index (χ3v) is 14.3. The number of hydrogen-bond donors (Lipinski definition) is 2. The molecule has 0 rings (SSSR count). The molecule has 0 aromatic heterocycles. The largest absolute Gasteiger partial charge is 0.472 e. The topological polar surface area (TPSA) is 111 Å². The van der Waals surface area contributed by atoms with Crippen molar-refractivity contribution in [3.05, 3.63) is 85.1 Å². The Morgan fingerprint density at radius 1 is 0.480 bits per heavy atom. The molecule has 0 saturated heterocycles. The van der Waals surface area contributed by atoms with Gasteiger partial charge in [0.2, 0.25) is 5.91 Å². The summed E-state index contributed by atoms with van der Waals surface area (Å²) in [6.45, 7) is 6.85. The van der Waals surface area contributed by atoms with E-state index in [1.807, 2.05) is 33.3 Å². The molecule has 0 saturated carbocycles. The van der Waals surface area contributed by atoms with Crippen molar-refractivity contribution in [2.45, 2.75) is 277 Å². The van der Waals surface area contributed by atoms with Gasteiger partial charge < -0.3 is 19.4 Å². The SMILES string of the molecule is CC/C=C/C/C=C/C/C=C/C/C=C/CCCCCC(=O)NC(COP(=O)(O)OCC[N+](C)(C)C)C(/C=C/CCCCCCCCCCCC)OC(=O)CCCCCCCCCCCCC/C=C\C/C=C\CCCCC. The first-order valence-electron chi connectivity index (χ1n) is 30.9. The number of likely N-dealkylation sites (N-methyl/N-ethyl adjacent to an activating group) is 1. The molecule has 2 N–H and O–H groups in total. The van der Waals surface area contributed by atoms with E-state index in [2.05, 4.69) is 99.0 Å². The maximum Gasteiger partial charge on any atom is 0.472 e. The number of allylic oxidation sites excluding steroid dienone is 13. The van der Waals surface area contributed by atoms with Crippen LogP contribution in [0.2, 0.25) is 0 Å². The summed E-state index contributed by atoms with van der Waals surface area (Å²) in [5.41, 5.74) is 0. The fourth-order valence-corrected chi connectivity index (χ4v) is 9.29. The van der Waals surface area contributed by atoms with Crippen molar-refractivity contribution in [3.63, 3.8) is 0 Å².